The van der Waals surface area contributed by atoms with Crippen LogP contribution in [0.2, 0.25) is 10.0 Å². The molecule has 1 saturated heterocycles. The van der Waals surface area contributed by atoms with Gasteiger partial charge in [0.1, 0.15) is 5.01 Å². The van der Waals surface area contributed by atoms with Gasteiger partial charge in [-0.3, -0.25) is 9.59 Å². The van der Waals surface area contributed by atoms with Gasteiger partial charge in [-0.05, 0) is 44.5 Å². The molecule has 2 unspecified atom stereocenters. The number of amides is 2. The van der Waals surface area contributed by atoms with Crippen molar-refractivity contribution in [2.75, 3.05) is 11.9 Å². The predicted molar refractivity (Wildman–Crippen MR) is 110 cm³/mol. The zero-order valence-electron chi connectivity index (χ0n) is 15.1. The molecule has 1 aliphatic heterocycles. The largest absolute Gasteiger partial charge is 0.391 e. The summed E-state index contributed by atoms with van der Waals surface area (Å²) in [4.78, 5) is 30.1. The lowest BCUT2D eigenvalue weighted by Crippen LogP contribution is -2.44. The van der Waals surface area contributed by atoms with Gasteiger partial charge in [0.25, 0.3) is 0 Å². The topological polar surface area (TPSA) is 103 Å². The second kappa shape index (κ2) is 9.19. The number of nitrogens with one attached hydrogen (secondary N) is 3. The van der Waals surface area contributed by atoms with Crippen molar-refractivity contribution in [3.63, 3.8) is 0 Å². The molecular weight excluding hydrogens is 423 g/mol. The third-order valence-electron chi connectivity index (χ3n) is 4.49. The number of aliphatic hydroxyl groups excluding tert-OH is 1. The van der Waals surface area contributed by atoms with E-state index in [1.165, 1.54) is 23.5 Å². The lowest BCUT2D eigenvalue weighted by molar-refractivity contribution is -0.136. The van der Waals surface area contributed by atoms with Crippen molar-refractivity contribution in [2.45, 2.75) is 38.5 Å². The standard InChI is InChI=1S/C18H20Cl2N4O3S/c1-9-14(8-25)28-18(22-9)15(13-3-2-6-21-13)24-17(27)16(26)23-10-4-5-11(19)12(20)7-10/h4-5,7,13,15,21,25H,2-3,6,8H2,1H3,(H,23,26)(H,24,27). The van der Waals surface area contributed by atoms with Crippen LogP contribution in [0.25, 0.3) is 0 Å². The molecule has 0 spiro atoms. The molecule has 2 heterocycles. The number of carbonyl (C=O) groups is 2. The van der Waals surface area contributed by atoms with E-state index in [1.54, 1.807) is 6.07 Å². The minimum absolute atomic E-state index is 0.0289. The summed E-state index contributed by atoms with van der Waals surface area (Å²) in [6, 6.07) is 4.09. The molecule has 0 aliphatic carbocycles. The highest BCUT2D eigenvalue weighted by Crippen LogP contribution is 2.29. The Bertz CT molecular complexity index is 884. The number of anilines is 1. The number of rotatable bonds is 5. The Hall–Kier alpha value is -1.71. The summed E-state index contributed by atoms with van der Waals surface area (Å²) in [7, 11) is 0. The summed E-state index contributed by atoms with van der Waals surface area (Å²) < 4.78 is 0. The van der Waals surface area contributed by atoms with E-state index in [0.717, 1.165) is 30.0 Å². The highest BCUT2D eigenvalue weighted by atomic mass is 35.5. The van der Waals surface area contributed by atoms with E-state index in [9.17, 15) is 14.7 Å². The number of benzene rings is 1. The summed E-state index contributed by atoms with van der Waals surface area (Å²) in [5, 5.41) is 19.4. The Morgan fingerprint density at radius 2 is 2.14 bits per heavy atom. The molecule has 0 saturated carbocycles. The van der Waals surface area contributed by atoms with Gasteiger partial charge in [-0.2, -0.15) is 0 Å². The molecule has 28 heavy (non-hydrogen) atoms. The van der Waals surface area contributed by atoms with Crippen LogP contribution in [0.4, 0.5) is 5.69 Å². The zero-order chi connectivity index (χ0) is 20.3. The third kappa shape index (κ3) is 4.82. The summed E-state index contributed by atoms with van der Waals surface area (Å²) in [6.07, 6.45) is 1.83. The van der Waals surface area contributed by atoms with Crippen LogP contribution in [0.5, 0.6) is 0 Å². The first-order valence-electron chi connectivity index (χ1n) is 8.76. The van der Waals surface area contributed by atoms with Gasteiger partial charge < -0.3 is 21.1 Å². The van der Waals surface area contributed by atoms with Crippen LogP contribution in [-0.2, 0) is 16.2 Å². The van der Waals surface area contributed by atoms with Crippen molar-refractivity contribution in [1.29, 1.82) is 0 Å². The van der Waals surface area contributed by atoms with E-state index in [2.05, 4.69) is 20.9 Å². The van der Waals surface area contributed by atoms with E-state index in [0.29, 0.717) is 15.7 Å². The molecule has 4 N–H and O–H groups in total. The summed E-state index contributed by atoms with van der Waals surface area (Å²) in [5.74, 6) is -1.58. The van der Waals surface area contributed by atoms with Crippen molar-refractivity contribution < 1.29 is 14.7 Å². The van der Waals surface area contributed by atoms with Crippen LogP contribution in [0.1, 0.15) is 34.5 Å². The molecule has 1 aromatic heterocycles. The van der Waals surface area contributed by atoms with Crippen molar-refractivity contribution in [3.05, 3.63) is 43.8 Å². The van der Waals surface area contributed by atoms with Gasteiger partial charge in [-0.15, -0.1) is 11.3 Å². The Kier molecular flexibility index (Phi) is 6.90. The first-order valence-corrected chi connectivity index (χ1v) is 10.3. The first-order chi connectivity index (χ1) is 13.4. The fourth-order valence-electron chi connectivity index (χ4n) is 3.03. The second-order valence-electron chi connectivity index (χ2n) is 6.46. The van der Waals surface area contributed by atoms with Crippen LogP contribution in [0, 0.1) is 6.92 Å². The van der Waals surface area contributed by atoms with Gasteiger partial charge in [0, 0.05) is 11.7 Å². The molecule has 150 valence electrons. The molecular formula is C18H20Cl2N4O3S. The summed E-state index contributed by atoms with van der Waals surface area (Å²) in [5.41, 5.74) is 1.10. The number of aromatic nitrogens is 1. The van der Waals surface area contributed by atoms with Crippen LogP contribution in [0.3, 0.4) is 0 Å². The zero-order valence-corrected chi connectivity index (χ0v) is 17.4. The number of hydrogen-bond donors (Lipinski definition) is 4. The Balaban J connectivity index is 1.74. The lowest BCUT2D eigenvalue weighted by atomic mass is 10.1. The molecule has 0 radical (unpaired) electrons. The summed E-state index contributed by atoms with van der Waals surface area (Å²) >= 11 is 13.1. The van der Waals surface area contributed by atoms with Gasteiger partial charge >= 0.3 is 11.8 Å². The number of carbonyl (C=O) groups excluding carboxylic acids is 2. The number of hydrogen-bond acceptors (Lipinski definition) is 6. The fourth-order valence-corrected chi connectivity index (χ4v) is 4.37. The van der Waals surface area contributed by atoms with Crippen LogP contribution < -0.4 is 16.0 Å². The van der Waals surface area contributed by atoms with Crippen LogP contribution in [0.15, 0.2) is 18.2 Å². The second-order valence-corrected chi connectivity index (χ2v) is 8.39. The molecule has 7 nitrogen and oxygen atoms in total. The van der Waals surface area contributed by atoms with Crippen molar-refractivity contribution >= 4 is 52.0 Å². The molecule has 0 bridgehead atoms. The van der Waals surface area contributed by atoms with Crippen LogP contribution >= 0.6 is 34.5 Å². The highest BCUT2D eigenvalue weighted by molar-refractivity contribution is 7.11. The Labute approximate surface area is 176 Å². The Morgan fingerprint density at radius 1 is 1.36 bits per heavy atom. The maximum absolute atomic E-state index is 12.5. The maximum atomic E-state index is 12.5. The average molecular weight is 443 g/mol. The minimum atomic E-state index is -0.808. The first kappa shape index (κ1) is 21.0. The van der Waals surface area contributed by atoms with E-state index in [4.69, 9.17) is 23.2 Å². The average Bonchev–Trinajstić information content (AvgIpc) is 3.32. The molecule has 1 aromatic carbocycles. The monoisotopic (exact) mass is 442 g/mol. The Morgan fingerprint density at radius 3 is 2.75 bits per heavy atom. The van der Waals surface area contributed by atoms with E-state index in [-0.39, 0.29) is 17.7 Å². The van der Waals surface area contributed by atoms with Gasteiger partial charge in [-0.25, -0.2) is 4.98 Å². The van der Waals surface area contributed by atoms with Crippen molar-refractivity contribution in [3.8, 4) is 0 Å². The third-order valence-corrected chi connectivity index (χ3v) is 6.45. The van der Waals surface area contributed by atoms with Gasteiger partial charge in [0.15, 0.2) is 0 Å². The number of halogens is 2. The quantitative estimate of drug-likeness (QED) is 0.533. The van der Waals surface area contributed by atoms with Gasteiger partial charge in [-0.1, -0.05) is 23.2 Å². The van der Waals surface area contributed by atoms with Gasteiger partial charge in [0.2, 0.25) is 0 Å². The molecule has 1 aliphatic rings. The van der Waals surface area contributed by atoms with Crippen molar-refractivity contribution in [2.24, 2.45) is 0 Å². The predicted octanol–water partition coefficient (Wildman–Crippen LogP) is 2.80. The maximum Gasteiger partial charge on any atom is 0.313 e. The molecule has 3 rings (SSSR count). The van der Waals surface area contributed by atoms with E-state index in [1.807, 2.05) is 6.92 Å². The molecule has 1 fully saturated rings. The van der Waals surface area contributed by atoms with Crippen LogP contribution in [-0.4, -0.2) is 34.5 Å². The smallest absolute Gasteiger partial charge is 0.313 e. The number of thiazole rings is 1. The van der Waals surface area contributed by atoms with Crippen molar-refractivity contribution in [1.82, 2.24) is 15.6 Å². The molecule has 2 amide bonds. The minimum Gasteiger partial charge on any atom is -0.391 e. The lowest BCUT2D eigenvalue weighted by Gasteiger charge is -2.23. The van der Waals surface area contributed by atoms with Gasteiger partial charge in [0.05, 0.1) is 33.3 Å². The highest BCUT2D eigenvalue weighted by Gasteiger charge is 2.32. The number of aryl methyl sites for hydroxylation is 1. The number of aliphatic hydroxyl groups is 1. The fraction of sp³-hybridized carbons (Fsp3) is 0.389. The van der Waals surface area contributed by atoms with E-state index < -0.39 is 17.9 Å². The normalized spacial score (nSPS) is 17.4. The summed E-state index contributed by atoms with van der Waals surface area (Å²) in [6.45, 7) is 2.54. The number of nitrogens with zero attached hydrogens (tertiary/aromatic N) is 1. The van der Waals surface area contributed by atoms with E-state index >= 15 is 0 Å². The molecule has 2 aromatic rings. The molecule has 10 heteroatoms. The SMILES string of the molecule is Cc1nc(C(NC(=O)C(=O)Nc2ccc(Cl)c(Cl)c2)C2CCCN2)sc1CO. The molecule has 2 atom stereocenters.